The molecule has 3 aromatic rings. The van der Waals surface area contributed by atoms with Crippen molar-refractivity contribution in [3.8, 4) is 0 Å². The molecule has 202 valence electrons. The first kappa shape index (κ1) is 25.9. The molecule has 1 aromatic carbocycles. The quantitative estimate of drug-likeness (QED) is 0.510. The lowest BCUT2D eigenvalue weighted by atomic mass is 9.98. The molecule has 2 aliphatic heterocycles. The number of likely N-dealkylation sites (tertiary alicyclic amines) is 1. The lowest BCUT2D eigenvalue weighted by molar-refractivity contribution is -0.125. The molecule has 9 nitrogen and oxygen atoms in total. The lowest BCUT2D eigenvalue weighted by Crippen LogP contribution is -2.54. The first-order chi connectivity index (χ1) is 18.0. The maximum absolute atomic E-state index is 14.6. The van der Waals surface area contributed by atoms with Crippen molar-refractivity contribution in [1.82, 2.24) is 19.5 Å². The Kier molecular flexibility index (Phi) is 6.48. The topological polar surface area (TPSA) is 92.1 Å². The molecule has 0 radical (unpaired) electrons. The highest BCUT2D eigenvalue weighted by Crippen LogP contribution is 2.37. The van der Waals surface area contributed by atoms with Gasteiger partial charge in [-0.05, 0) is 77.6 Å². The molecular formula is C27H32F2N6O3. The zero-order valence-corrected chi connectivity index (χ0v) is 22.0. The average molecular weight is 527 g/mol. The summed E-state index contributed by atoms with van der Waals surface area (Å²) in [4.78, 5) is 34.5. The number of ether oxygens (including phenoxy) is 1. The highest BCUT2D eigenvalue weighted by atomic mass is 19.1. The lowest BCUT2D eigenvalue weighted by Gasteiger charge is -2.35. The van der Waals surface area contributed by atoms with Gasteiger partial charge in [-0.25, -0.2) is 23.1 Å². The van der Waals surface area contributed by atoms with Gasteiger partial charge < -0.3 is 15.0 Å². The zero-order chi connectivity index (χ0) is 27.2. The molecular weight excluding hydrogens is 494 g/mol. The molecule has 0 bridgehead atoms. The third kappa shape index (κ3) is 4.77. The first-order valence-corrected chi connectivity index (χ1v) is 12.8. The standard InChI is InChI=1S/C27H32F2N6O3/c1-26(2,3)38-25(37)34-13-6-11-27(34,4)24(36)31-20-16-30-35-14-10-22(32-23(20)35)33-12-5-7-21(33)18-15-17(28)8-9-19(18)29/h8-10,14-16,21H,5-7,11-13H2,1-4H3,(H,31,36)/t21-,27?/m1/s1. The minimum atomic E-state index is -1.09. The number of carbonyl (C=O) groups is 2. The molecule has 5 rings (SSSR count). The van der Waals surface area contributed by atoms with Gasteiger partial charge in [0, 0.05) is 24.8 Å². The van der Waals surface area contributed by atoms with Crippen LogP contribution >= 0.6 is 0 Å². The van der Waals surface area contributed by atoms with Crippen molar-refractivity contribution < 1.29 is 23.1 Å². The van der Waals surface area contributed by atoms with Crippen LogP contribution < -0.4 is 10.2 Å². The van der Waals surface area contributed by atoms with E-state index in [4.69, 9.17) is 9.72 Å². The second-order valence-electron chi connectivity index (χ2n) is 11.1. The first-order valence-electron chi connectivity index (χ1n) is 12.8. The second-order valence-corrected chi connectivity index (χ2v) is 11.1. The van der Waals surface area contributed by atoms with Crippen LogP contribution in [0.5, 0.6) is 0 Å². The number of aromatic nitrogens is 3. The van der Waals surface area contributed by atoms with Gasteiger partial charge in [-0.2, -0.15) is 5.10 Å². The predicted molar refractivity (Wildman–Crippen MR) is 138 cm³/mol. The van der Waals surface area contributed by atoms with Gasteiger partial charge in [0.15, 0.2) is 5.65 Å². The molecule has 4 heterocycles. The fourth-order valence-electron chi connectivity index (χ4n) is 5.31. The van der Waals surface area contributed by atoms with E-state index in [0.29, 0.717) is 55.1 Å². The van der Waals surface area contributed by atoms with E-state index in [1.54, 1.807) is 40.0 Å². The van der Waals surface area contributed by atoms with Crippen molar-refractivity contribution in [2.45, 2.75) is 70.6 Å². The number of hydrogen-bond donors (Lipinski definition) is 1. The fourth-order valence-corrected chi connectivity index (χ4v) is 5.31. The number of nitrogens with one attached hydrogen (secondary N) is 1. The molecule has 0 aliphatic carbocycles. The summed E-state index contributed by atoms with van der Waals surface area (Å²) < 4.78 is 35.5. The largest absolute Gasteiger partial charge is 0.444 e. The molecule has 2 aromatic heterocycles. The number of fused-ring (bicyclic) bond motifs is 1. The highest BCUT2D eigenvalue weighted by molar-refractivity contribution is 6.02. The molecule has 1 unspecified atom stereocenters. The molecule has 11 heteroatoms. The average Bonchev–Trinajstić information content (AvgIpc) is 3.58. The van der Waals surface area contributed by atoms with E-state index in [1.165, 1.54) is 21.7 Å². The molecule has 1 N–H and O–H groups in total. The van der Waals surface area contributed by atoms with Crippen LogP contribution in [0.4, 0.5) is 25.1 Å². The summed E-state index contributed by atoms with van der Waals surface area (Å²) in [5.74, 6) is -0.731. The summed E-state index contributed by atoms with van der Waals surface area (Å²) in [6, 6.07) is 4.90. The van der Waals surface area contributed by atoms with Crippen LogP contribution in [0.3, 0.4) is 0 Å². The molecule has 2 fully saturated rings. The third-order valence-corrected chi connectivity index (χ3v) is 7.21. The van der Waals surface area contributed by atoms with Gasteiger partial charge in [-0.15, -0.1) is 0 Å². The Morgan fingerprint density at radius 1 is 1.16 bits per heavy atom. The van der Waals surface area contributed by atoms with Crippen molar-refractivity contribution in [2.75, 3.05) is 23.3 Å². The Morgan fingerprint density at radius 3 is 2.71 bits per heavy atom. The third-order valence-electron chi connectivity index (χ3n) is 7.21. The minimum Gasteiger partial charge on any atom is -0.444 e. The Morgan fingerprint density at radius 2 is 1.95 bits per heavy atom. The number of anilines is 2. The Hall–Kier alpha value is -3.76. The summed E-state index contributed by atoms with van der Waals surface area (Å²) in [5.41, 5.74) is -0.679. The van der Waals surface area contributed by atoms with Crippen LogP contribution in [0.1, 0.15) is 65.0 Å². The van der Waals surface area contributed by atoms with E-state index < -0.39 is 28.9 Å². The van der Waals surface area contributed by atoms with E-state index >= 15 is 0 Å². The van der Waals surface area contributed by atoms with Gasteiger partial charge in [0.2, 0.25) is 5.91 Å². The van der Waals surface area contributed by atoms with Gasteiger partial charge in [-0.1, -0.05) is 0 Å². The molecule has 2 aliphatic rings. The summed E-state index contributed by atoms with van der Waals surface area (Å²) in [6.45, 7) is 8.13. The number of carbonyl (C=O) groups excluding carboxylic acids is 2. The number of hydrogen-bond acceptors (Lipinski definition) is 6. The predicted octanol–water partition coefficient (Wildman–Crippen LogP) is 5.08. The second kappa shape index (κ2) is 9.52. The number of benzene rings is 1. The Balaban J connectivity index is 1.40. The normalized spacial score (nSPS) is 21.8. The van der Waals surface area contributed by atoms with Crippen molar-refractivity contribution >= 4 is 29.2 Å². The molecule has 2 saturated heterocycles. The molecule has 38 heavy (non-hydrogen) atoms. The smallest absolute Gasteiger partial charge is 0.411 e. The van der Waals surface area contributed by atoms with E-state index in [-0.39, 0.29) is 11.9 Å². The van der Waals surface area contributed by atoms with Crippen LogP contribution in [0.15, 0.2) is 36.7 Å². The number of rotatable bonds is 4. The Labute approximate surface area is 219 Å². The number of halogens is 2. The molecule has 2 amide bonds. The van der Waals surface area contributed by atoms with Gasteiger partial charge in [0.25, 0.3) is 0 Å². The minimum absolute atomic E-state index is 0.294. The number of amides is 2. The van der Waals surface area contributed by atoms with Crippen LogP contribution in [0.2, 0.25) is 0 Å². The van der Waals surface area contributed by atoms with E-state index in [2.05, 4.69) is 10.4 Å². The van der Waals surface area contributed by atoms with Gasteiger partial charge in [0.05, 0.1) is 12.2 Å². The van der Waals surface area contributed by atoms with Crippen LogP contribution in [-0.2, 0) is 9.53 Å². The summed E-state index contributed by atoms with van der Waals surface area (Å²) in [6.07, 6.45) is 5.32. The fraction of sp³-hybridized carbons (Fsp3) is 0.481. The molecule has 0 spiro atoms. The van der Waals surface area contributed by atoms with E-state index in [0.717, 1.165) is 18.6 Å². The maximum atomic E-state index is 14.6. The summed E-state index contributed by atoms with van der Waals surface area (Å²) in [7, 11) is 0. The van der Waals surface area contributed by atoms with Crippen LogP contribution in [0.25, 0.3) is 5.65 Å². The monoisotopic (exact) mass is 526 g/mol. The summed E-state index contributed by atoms with van der Waals surface area (Å²) >= 11 is 0. The van der Waals surface area contributed by atoms with E-state index in [9.17, 15) is 18.4 Å². The molecule has 0 saturated carbocycles. The van der Waals surface area contributed by atoms with Crippen molar-refractivity contribution in [1.29, 1.82) is 0 Å². The van der Waals surface area contributed by atoms with Gasteiger partial charge in [0.1, 0.15) is 34.3 Å². The van der Waals surface area contributed by atoms with Crippen molar-refractivity contribution in [3.63, 3.8) is 0 Å². The van der Waals surface area contributed by atoms with Gasteiger partial charge >= 0.3 is 6.09 Å². The van der Waals surface area contributed by atoms with Gasteiger partial charge in [-0.3, -0.25) is 9.69 Å². The van der Waals surface area contributed by atoms with Crippen molar-refractivity contribution in [3.05, 3.63) is 53.9 Å². The van der Waals surface area contributed by atoms with Crippen LogP contribution in [0, 0.1) is 11.6 Å². The van der Waals surface area contributed by atoms with Crippen molar-refractivity contribution in [2.24, 2.45) is 0 Å². The summed E-state index contributed by atoms with van der Waals surface area (Å²) in [5, 5.41) is 7.21. The SMILES string of the molecule is CC(C)(C)OC(=O)N1CCCC1(C)C(=O)Nc1cnn2ccc(N3CCC[C@@H]3c3cc(F)ccc3F)nc12. The zero-order valence-electron chi connectivity index (χ0n) is 22.0. The number of nitrogens with zero attached hydrogens (tertiary/aromatic N) is 5. The van der Waals surface area contributed by atoms with E-state index in [1.807, 2.05) is 4.90 Å². The Bertz CT molecular complexity index is 1390. The highest BCUT2D eigenvalue weighted by Gasteiger charge is 2.47. The van der Waals surface area contributed by atoms with Crippen LogP contribution in [-0.4, -0.2) is 55.7 Å². The molecule has 2 atom stereocenters. The maximum Gasteiger partial charge on any atom is 0.411 e.